The summed E-state index contributed by atoms with van der Waals surface area (Å²) < 4.78 is 19.2. The van der Waals surface area contributed by atoms with Crippen molar-refractivity contribution in [3.8, 4) is 17.0 Å². The number of aryl methyl sites for hydroxylation is 1. The molecule has 0 saturated heterocycles. The first-order valence-corrected chi connectivity index (χ1v) is 7.36. The van der Waals surface area contributed by atoms with Gasteiger partial charge in [-0.15, -0.1) is 0 Å². The van der Waals surface area contributed by atoms with Crippen LogP contribution in [0.1, 0.15) is 16.1 Å². The van der Waals surface area contributed by atoms with E-state index in [0.29, 0.717) is 5.69 Å². The zero-order valence-corrected chi connectivity index (χ0v) is 13.3. The number of carbonyl (C=O) groups excluding carboxylic acids is 1. The molecule has 0 unspecified atom stereocenters. The highest BCUT2D eigenvalue weighted by Crippen LogP contribution is 2.33. The molecule has 7 heteroatoms. The summed E-state index contributed by atoms with van der Waals surface area (Å²) in [5, 5.41) is 16.0. The van der Waals surface area contributed by atoms with Gasteiger partial charge in [-0.1, -0.05) is 28.9 Å². The van der Waals surface area contributed by atoms with Crippen LogP contribution in [0.4, 0.5) is 10.1 Å². The zero-order valence-electron chi connectivity index (χ0n) is 12.5. The number of hydrogen-bond donors (Lipinski definition) is 2. The van der Waals surface area contributed by atoms with Crippen LogP contribution in [0, 0.1) is 12.7 Å². The van der Waals surface area contributed by atoms with E-state index in [-0.39, 0.29) is 33.4 Å². The van der Waals surface area contributed by atoms with Gasteiger partial charge < -0.3 is 14.9 Å². The van der Waals surface area contributed by atoms with E-state index < -0.39 is 11.7 Å². The normalized spacial score (nSPS) is 10.6. The largest absolute Gasteiger partial charge is 0.508 e. The summed E-state index contributed by atoms with van der Waals surface area (Å²) in [7, 11) is 0. The molecule has 0 atom stereocenters. The molecule has 0 fully saturated rings. The summed E-state index contributed by atoms with van der Waals surface area (Å²) in [5.41, 5.74) is 0.474. The van der Waals surface area contributed by atoms with Crippen LogP contribution in [0.3, 0.4) is 0 Å². The Morgan fingerprint density at radius 3 is 2.75 bits per heavy atom. The zero-order chi connectivity index (χ0) is 17.3. The fourth-order valence-electron chi connectivity index (χ4n) is 2.31. The maximum atomic E-state index is 14.1. The maximum Gasteiger partial charge on any atom is 0.261 e. The predicted octanol–water partition coefficient (Wildman–Crippen LogP) is 4.40. The number of nitrogens with zero attached hydrogens (tertiary/aromatic N) is 1. The number of carbonyl (C=O) groups is 1. The van der Waals surface area contributed by atoms with Crippen LogP contribution in [-0.4, -0.2) is 16.2 Å². The van der Waals surface area contributed by atoms with Gasteiger partial charge in [0.1, 0.15) is 28.6 Å². The molecular weight excluding hydrogens is 335 g/mol. The molecule has 122 valence electrons. The Morgan fingerprint density at radius 1 is 1.29 bits per heavy atom. The monoisotopic (exact) mass is 346 g/mol. The molecule has 0 radical (unpaired) electrons. The molecule has 3 aromatic rings. The van der Waals surface area contributed by atoms with E-state index in [9.17, 15) is 14.3 Å². The molecule has 0 aliphatic rings. The van der Waals surface area contributed by atoms with Gasteiger partial charge in [-0.05, 0) is 31.2 Å². The number of phenols is 1. The van der Waals surface area contributed by atoms with Crippen LogP contribution in [-0.2, 0) is 0 Å². The van der Waals surface area contributed by atoms with Crippen molar-refractivity contribution in [2.24, 2.45) is 0 Å². The number of phenolic OH excluding ortho intramolecular Hbond substituents is 1. The summed E-state index contributed by atoms with van der Waals surface area (Å²) in [6.07, 6.45) is 0. The summed E-state index contributed by atoms with van der Waals surface area (Å²) in [6, 6.07) is 10.2. The second kappa shape index (κ2) is 6.33. The van der Waals surface area contributed by atoms with E-state index in [2.05, 4.69) is 10.5 Å². The lowest BCUT2D eigenvalue weighted by Crippen LogP contribution is -2.13. The van der Waals surface area contributed by atoms with Crippen molar-refractivity contribution in [2.45, 2.75) is 6.92 Å². The smallest absolute Gasteiger partial charge is 0.261 e. The van der Waals surface area contributed by atoms with Crippen molar-refractivity contribution in [1.82, 2.24) is 5.16 Å². The van der Waals surface area contributed by atoms with Crippen molar-refractivity contribution >= 4 is 23.2 Å². The van der Waals surface area contributed by atoms with Crippen molar-refractivity contribution in [1.29, 1.82) is 0 Å². The third-order valence-corrected chi connectivity index (χ3v) is 3.71. The van der Waals surface area contributed by atoms with Crippen LogP contribution in [0.15, 0.2) is 47.0 Å². The summed E-state index contributed by atoms with van der Waals surface area (Å²) in [5.74, 6) is -0.926. The second-order valence-corrected chi connectivity index (χ2v) is 5.47. The van der Waals surface area contributed by atoms with Crippen LogP contribution in [0.25, 0.3) is 11.3 Å². The molecule has 1 amide bonds. The second-order valence-electron chi connectivity index (χ2n) is 5.06. The van der Waals surface area contributed by atoms with Crippen molar-refractivity contribution in [3.05, 3.63) is 64.6 Å². The topological polar surface area (TPSA) is 75.4 Å². The van der Waals surface area contributed by atoms with Crippen molar-refractivity contribution in [2.75, 3.05) is 5.32 Å². The molecule has 0 saturated carbocycles. The lowest BCUT2D eigenvalue weighted by atomic mass is 10.0. The first kappa shape index (κ1) is 16.0. The standard InChI is InChI=1S/C17H12ClFN2O3/c1-9-14(17(23)20-10-4-2-5-11(22)8-10)16(21-24-9)15-12(18)6-3-7-13(15)19/h2-8,22H,1H3,(H,20,23). The number of anilines is 1. The highest BCUT2D eigenvalue weighted by atomic mass is 35.5. The Hall–Kier alpha value is -2.86. The number of nitrogens with one attached hydrogen (secondary N) is 1. The van der Waals surface area contributed by atoms with Gasteiger partial charge >= 0.3 is 0 Å². The summed E-state index contributed by atoms with van der Waals surface area (Å²) in [4.78, 5) is 12.6. The van der Waals surface area contributed by atoms with E-state index in [1.165, 1.54) is 30.3 Å². The highest BCUT2D eigenvalue weighted by Gasteiger charge is 2.25. The molecule has 1 aromatic heterocycles. The molecule has 2 aromatic carbocycles. The molecule has 5 nitrogen and oxygen atoms in total. The number of benzene rings is 2. The number of hydrogen-bond acceptors (Lipinski definition) is 4. The molecular formula is C17H12ClFN2O3. The highest BCUT2D eigenvalue weighted by molar-refractivity contribution is 6.33. The van der Waals surface area contributed by atoms with Gasteiger partial charge in [-0.3, -0.25) is 4.79 Å². The first-order valence-electron chi connectivity index (χ1n) is 6.98. The van der Waals surface area contributed by atoms with Crippen molar-refractivity contribution < 1.29 is 18.8 Å². The average Bonchev–Trinajstić information content (AvgIpc) is 2.89. The van der Waals surface area contributed by atoms with Gasteiger partial charge in [0.15, 0.2) is 0 Å². The van der Waals surface area contributed by atoms with Crippen LogP contribution >= 0.6 is 11.6 Å². The maximum absolute atomic E-state index is 14.1. The third kappa shape index (κ3) is 2.96. The Balaban J connectivity index is 2.03. The molecule has 24 heavy (non-hydrogen) atoms. The van der Waals surface area contributed by atoms with Crippen molar-refractivity contribution in [3.63, 3.8) is 0 Å². The Bertz CT molecular complexity index is 904. The minimum Gasteiger partial charge on any atom is -0.508 e. The van der Waals surface area contributed by atoms with E-state index in [1.54, 1.807) is 19.1 Å². The number of rotatable bonds is 3. The summed E-state index contributed by atoms with van der Waals surface area (Å²) in [6.45, 7) is 1.54. The van der Waals surface area contributed by atoms with Crippen LogP contribution < -0.4 is 5.32 Å². The molecule has 0 aliphatic carbocycles. The number of halogens is 2. The minimum atomic E-state index is -0.609. The lowest BCUT2D eigenvalue weighted by Gasteiger charge is -2.07. The molecule has 1 heterocycles. The Morgan fingerprint density at radius 2 is 2.04 bits per heavy atom. The van der Waals surface area contributed by atoms with Crippen LogP contribution in [0.2, 0.25) is 5.02 Å². The minimum absolute atomic E-state index is 0.00271. The number of amides is 1. The molecule has 3 rings (SSSR count). The average molecular weight is 347 g/mol. The number of aromatic nitrogens is 1. The van der Waals surface area contributed by atoms with E-state index >= 15 is 0 Å². The van der Waals surface area contributed by atoms with E-state index in [1.807, 2.05) is 0 Å². The van der Waals surface area contributed by atoms with Crippen LogP contribution in [0.5, 0.6) is 5.75 Å². The third-order valence-electron chi connectivity index (χ3n) is 3.39. The van der Waals surface area contributed by atoms with Gasteiger partial charge in [0, 0.05) is 11.8 Å². The van der Waals surface area contributed by atoms with Gasteiger partial charge in [-0.2, -0.15) is 0 Å². The van der Waals surface area contributed by atoms with Gasteiger partial charge in [-0.25, -0.2) is 4.39 Å². The molecule has 0 aliphatic heterocycles. The van der Waals surface area contributed by atoms with Gasteiger partial charge in [0.05, 0.1) is 10.6 Å². The van der Waals surface area contributed by atoms with E-state index in [4.69, 9.17) is 16.1 Å². The van der Waals surface area contributed by atoms with Gasteiger partial charge in [0.25, 0.3) is 5.91 Å². The van der Waals surface area contributed by atoms with Gasteiger partial charge in [0.2, 0.25) is 0 Å². The lowest BCUT2D eigenvalue weighted by molar-refractivity contribution is 0.102. The molecule has 2 N–H and O–H groups in total. The predicted molar refractivity (Wildman–Crippen MR) is 87.7 cm³/mol. The SMILES string of the molecule is Cc1onc(-c2c(F)cccc2Cl)c1C(=O)Nc1cccc(O)c1. The molecule has 0 spiro atoms. The Kier molecular flexibility index (Phi) is 4.22. The first-order chi connectivity index (χ1) is 11.5. The fraction of sp³-hybridized carbons (Fsp3) is 0.0588. The quantitative estimate of drug-likeness (QED) is 0.737. The number of aromatic hydroxyl groups is 1. The Labute approximate surface area is 141 Å². The van der Waals surface area contributed by atoms with E-state index in [0.717, 1.165) is 0 Å². The fourth-order valence-corrected chi connectivity index (χ4v) is 2.56. The molecule has 0 bridgehead atoms. The summed E-state index contributed by atoms with van der Waals surface area (Å²) >= 11 is 6.04.